The van der Waals surface area contributed by atoms with Crippen LogP contribution in [-0.2, 0) is 11.3 Å². The highest BCUT2D eigenvalue weighted by Crippen LogP contribution is 2.17. The van der Waals surface area contributed by atoms with Crippen LogP contribution in [0.1, 0.15) is 11.7 Å². The Morgan fingerprint density at radius 3 is 2.75 bits per heavy atom. The Bertz CT molecular complexity index is 812. The SMILES string of the molecule is Cc1cc(NC(=O)CN(C)Cc2nnc(-c3ccccc3)o2)no1. The summed E-state index contributed by atoms with van der Waals surface area (Å²) in [5.41, 5.74) is 0.859. The van der Waals surface area contributed by atoms with E-state index >= 15 is 0 Å². The van der Waals surface area contributed by atoms with Crippen molar-refractivity contribution >= 4 is 11.7 Å². The molecule has 0 fully saturated rings. The molecule has 1 aromatic carbocycles. The van der Waals surface area contributed by atoms with Gasteiger partial charge in [-0.1, -0.05) is 23.4 Å². The van der Waals surface area contributed by atoms with Gasteiger partial charge in [-0.25, -0.2) is 0 Å². The molecule has 0 unspecified atom stereocenters. The fourth-order valence-corrected chi connectivity index (χ4v) is 2.15. The van der Waals surface area contributed by atoms with Crippen LogP contribution in [0.5, 0.6) is 0 Å². The van der Waals surface area contributed by atoms with Crippen LogP contribution in [0.15, 0.2) is 45.3 Å². The summed E-state index contributed by atoms with van der Waals surface area (Å²) in [6.07, 6.45) is 0. The molecule has 2 aromatic heterocycles. The summed E-state index contributed by atoms with van der Waals surface area (Å²) in [5.74, 6) is 1.74. The second-order valence-corrected chi connectivity index (χ2v) is 5.41. The molecular formula is C16H17N5O3. The Hall–Kier alpha value is -3.00. The van der Waals surface area contributed by atoms with E-state index in [1.807, 2.05) is 30.3 Å². The van der Waals surface area contributed by atoms with Crippen LogP contribution in [0, 0.1) is 6.92 Å². The van der Waals surface area contributed by atoms with E-state index < -0.39 is 0 Å². The molecule has 0 bridgehead atoms. The van der Waals surface area contributed by atoms with E-state index in [9.17, 15) is 4.79 Å². The minimum atomic E-state index is -0.200. The fraction of sp³-hybridized carbons (Fsp3) is 0.250. The molecule has 24 heavy (non-hydrogen) atoms. The lowest BCUT2D eigenvalue weighted by Crippen LogP contribution is -2.30. The summed E-state index contributed by atoms with van der Waals surface area (Å²) in [5, 5.41) is 14.4. The van der Waals surface area contributed by atoms with Gasteiger partial charge in [0.2, 0.25) is 17.7 Å². The molecule has 0 aliphatic carbocycles. The van der Waals surface area contributed by atoms with Gasteiger partial charge in [-0.05, 0) is 26.1 Å². The van der Waals surface area contributed by atoms with Crippen molar-refractivity contribution in [3.63, 3.8) is 0 Å². The zero-order valence-corrected chi connectivity index (χ0v) is 13.4. The molecule has 0 radical (unpaired) electrons. The number of rotatable bonds is 6. The van der Waals surface area contributed by atoms with Gasteiger partial charge in [0.25, 0.3) is 0 Å². The first-order chi connectivity index (χ1) is 11.6. The second kappa shape index (κ2) is 7.05. The molecular weight excluding hydrogens is 310 g/mol. The van der Waals surface area contributed by atoms with Crippen LogP contribution in [0.4, 0.5) is 5.82 Å². The van der Waals surface area contributed by atoms with Crippen molar-refractivity contribution in [1.29, 1.82) is 0 Å². The van der Waals surface area contributed by atoms with E-state index in [0.29, 0.717) is 29.9 Å². The number of amides is 1. The van der Waals surface area contributed by atoms with Gasteiger partial charge in [-0.3, -0.25) is 9.69 Å². The van der Waals surface area contributed by atoms with Crippen molar-refractivity contribution in [3.05, 3.63) is 48.0 Å². The number of nitrogens with zero attached hydrogens (tertiary/aromatic N) is 4. The Labute approximate surface area is 138 Å². The van der Waals surface area contributed by atoms with Gasteiger partial charge in [0.05, 0.1) is 13.1 Å². The molecule has 8 heteroatoms. The van der Waals surface area contributed by atoms with Crippen molar-refractivity contribution in [1.82, 2.24) is 20.3 Å². The minimum Gasteiger partial charge on any atom is -0.419 e. The van der Waals surface area contributed by atoms with E-state index in [1.54, 1.807) is 24.9 Å². The third kappa shape index (κ3) is 4.05. The first-order valence-electron chi connectivity index (χ1n) is 7.39. The Balaban J connectivity index is 1.54. The van der Waals surface area contributed by atoms with E-state index in [1.165, 1.54) is 0 Å². The summed E-state index contributed by atoms with van der Waals surface area (Å²) in [7, 11) is 1.79. The molecule has 0 spiro atoms. The highest BCUT2D eigenvalue weighted by molar-refractivity contribution is 5.91. The summed E-state index contributed by atoms with van der Waals surface area (Å²) in [6, 6.07) is 11.2. The molecule has 0 saturated heterocycles. The first-order valence-corrected chi connectivity index (χ1v) is 7.39. The highest BCUT2D eigenvalue weighted by atomic mass is 16.5. The molecule has 3 rings (SSSR count). The van der Waals surface area contributed by atoms with Crippen molar-refractivity contribution < 1.29 is 13.7 Å². The fourth-order valence-electron chi connectivity index (χ4n) is 2.15. The number of anilines is 1. The third-order valence-corrected chi connectivity index (χ3v) is 3.20. The predicted octanol–water partition coefficient (Wildman–Crippen LogP) is 2.10. The van der Waals surface area contributed by atoms with Crippen LogP contribution >= 0.6 is 0 Å². The third-order valence-electron chi connectivity index (χ3n) is 3.20. The zero-order chi connectivity index (χ0) is 16.9. The molecule has 3 aromatic rings. The van der Waals surface area contributed by atoms with E-state index in [2.05, 4.69) is 20.7 Å². The largest absolute Gasteiger partial charge is 0.419 e. The number of aromatic nitrogens is 3. The van der Waals surface area contributed by atoms with Gasteiger partial charge in [0, 0.05) is 11.6 Å². The van der Waals surface area contributed by atoms with Gasteiger partial charge in [0.15, 0.2) is 5.82 Å². The van der Waals surface area contributed by atoms with E-state index in [0.717, 1.165) is 5.56 Å². The summed E-state index contributed by atoms with van der Waals surface area (Å²) in [4.78, 5) is 13.7. The number of carbonyl (C=O) groups excluding carboxylic acids is 1. The molecule has 0 saturated carbocycles. The van der Waals surface area contributed by atoms with Crippen LogP contribution < -0.4 is 5.32 Å². The lowest BCUT2D eigenvalue weighted by atomic mass is 10.2. The Morgan fingerprint density at radius 1 is 1.25 bits per heavy atom. The quantitative estimate of drug-likeness (QED) is 0.740. The lowest BCUT2D eigenvalue weighted by Gasteiger charge is -2.12. The molecule has 124 valence electrons. The monoisotopic (exact) mass is 327 g/mol. The number of nitrogens with one attached hydrogen (secondary N) is 1. The number of likely N-dealkylation sites (N-methyl/N-ethyl adjacent to an activating group) is 1. The van der Waals surface area contributed by atoms with E-state index in [4.69, 9.17) is 8.94 Å². The van der Waals surface area contributed by atoms with Gasteiger partial charge in [-0.2, -0.15) is 0 Å². The van der Waals surface area contributed by atoms with Gasteiger partial charge < -0.3 is 14.3 Å². The summed E-state index contributed by atoms with van der Waals surface area (Å²) >= 11 is 0. The highest BCUT2D eigenvalue weighted by Gasteiger charge is 2.13. The molecule has 1 amide bonds. The number of carbonyl (C=O) groups is 1. The first kappa shape index (κ1) is 15.9. The molecule has 2 heterocycles. The number of hydrogen-bond donors (Lipinski definition) is 1. The van der Waals surface area contributed by atoms with Gasteiger partial charge in [0.1, 0.15) is 5.76 Å². The molecule has 0 aliphatic heterocycles. The van der Waals surface area contributed by atoms with Crippen molar-refractivity contribution in [2.75, 3.05) is 18.9 Å². The average molecular weight is 327 g/mol. The van der Waals surface area contributed by atoms with Crippen LogP contribution in [0.3, 0.4) is 0 Å². The topological polar surface area (TPSA) is 97.3 Å². The second-order valence-electron chi connectivity index (χ2n) is 5.41. The summed E-state index contributed by atoms with van der Waals surface area (Å²) in [6.45, 7) is 2.29. The lowest BCUT2D eigenvalue weighted by molar-refractivity contribution is -0.117. The smallest absolute Gasteiger partial charge is 0.247 e. The zero-order valence-electron chi connectivity index (χ0n) is 13.4. The molecule has 8 nitrogen and oxygen atoms in total. The molecule has 0 aliphatic rings. The number of hydrogen-bond acceptors (Lipinski definition) is 7. The number of benzene rings is 1. The van der Waals surface area contributed by atoms with Crippen molar-refractivity contribution in [3.8, 4) is 11.5 Å². The Kier molecular flexibility index (Phi) is 4.66. The van der Waals surface area contributed by atoms with Crippen LogP contribution in [0.25, 0.3) is 11.5 Å². The van der Waals surface area contributed by atoms with E-state index in [-0.39, 0.29) is 12.5 Å². The minimum absolute atomic E-state index is 0.162. The standard InChI is InChI=1S/C16H17N5O3/c1-11-8-13(20-24-11)17-14(22)9-21(2)10-15-18-19-16(23-15)12-6-4-3-5-7-12/h3-8H,9-10H2,1-2H3,(H,17,20,22). The Morgan fingerprint density at radius 2 is 2.04 bits per heavy atom. The maximum absolute atomic E-state index is 11.9. The molecule has 0 atom stereocenters. The maximum Gasteiger partial charge on any atom is 0.247 e. The molecule has 1 N–H and O–H groups in total. The summed E-state index contributed by atoms with van der Waals surface area (Å²) < 4.78 is 10.5. The maximum atomic E-state index is 11.9. The van der Waals surface area contributed by atoms with Crippen molar-refractivity contribution in [2.24, 2.45) is 0 Å². The van der Waals surface area contributed by atoms with Gasteiger partial charge >= 0.3 is 0 Å². The van der Waals surface area contributed by atoms with Crippen molar-refractivity contribution in [2.45, 2.75) is 13.5 Å². The van der Waals surface area contributed by atoms with Gasteiger partial charge in [-0.15, -0.1) is 10.2 Å². The number of aryl methyl sites for hydroxylation is 1. The average Bonchev–Trinajstić information content (AvgIpc) is 3.17. The van der Waals surface area contributed by atoms with Crippen LogP contribution in [0.2, 0.25) is 0 Å². The predicted molar refractivity (Wildman–Crippen MR) is 85.9 cm³/mol. The van der Waals surface area contributed by atoms with Crippen LogP contribution in [-0.4, -0.2) is 39.8 Å². The normalized spacial score (nSPS) is 11.0.